The van der Waals surface area contributed by atoms with Crippen molar-refractivity contribution in [1.82, 2.24) is 10.2 Å². The highest BCUT2D eigenvalue weighted by Gasteiger charge is 2.25. The fourth-order valence-electron chi connectivity index (χ4n) is 2.07. The highest BCUT2D eigenvalue weighted by molar-refractivity contribution is 9.10. The van der Waals surface area contributed by atoms with Crippen LogP contribution in [0.2, 0.25) is 0 Å². The quantitative estimate of drug-likeness (QED) is 0.801. The second-order valence-corrected chi connectivity index (χ2v) is 6.74. The minimum absolute atomic E-state index is 0.0211. The summed E-state index contributed by atoms with van der Waals surface area (Å²) in [5, 5.41) is 2.90. The van der Waals surface area contributed by atoms with Gasteiger partial charge in [-0.3, -0.25) is 9.59 Å². The van der Waals surface area contributed by atoms with E-state index < -0.39 is 6.04 Å². The van der Waals surface area contributed by atoms with E-state index in [2.05, 4.69) is 21.2 Å². The van der Waals surface area contributed by atoms with Crippen LogP contribution in [0.3, 0.4) is 0 Å². The third kappa shape index (κ3) is 5.79. The zero-order valence-electron chi connectivity index (χ0n) is 13.7. The molecular formula is C17H25BrN2O2. The molecule has 1 aromatic rings. The van der Waals surface area contributed by atoms with Crippen LogP contribution < -0.4 is 5.32 Å². The first-order valence-electron chi connectivity index (χ1n) is 7.66. The molecule has 0 fully saturated rings. The molecule has 4 nitrogen and oxygen atoms in total. The van der Waals surface area contributed by atoms with Gasteiger partial charge in [0.1, 0.15) is 6.04 Å². The van der Waals surface area contributed by atoms with Gasteiger partial charge in [-0.25, -0.2) is 0 Å². The van der Waals surface area contributed by atoms with Gasteiger partial charge in [0.25, 0.3) is 0 Å². The number of nitrogens with zero attached hydrogens (tertiary/aromatic N) is 1. The summed E-state index contributed by atoms with van der Waals surface area (Å²) in [6, 6.07) is 7.31. The van der Waals surface area contributed by atoms with E-state index in [1.54, 1.807) is 11.8 Å². The third-order valence-corrected chi connectivity index (χ3v) is 3.89. The van der Waals surface area contributed by atoms with E-state index in [1.165, 1.54) is 0 Å². The average Bonchev–Trinajstić information content (AvgIpc) is 2.48. The predicted molar refractivity (Wildman–Crippen MR) is 92.3 cm³/mol. The van der Waals surface area contributed by atoms with Gasteiger partial charge in [0, 0.05) is 24.0 Å². The van der Waals surface area contributed by atoms with E-state index in [9.17, 15) is 9.59 Å². The van der Waals surface area contributed by atoms with Crippen LogP contribution in [-0.2, 0) is 16.1 Å². The molecule has 0 spiro atoms. The maximum Gasteiger partial charge on any atom is 0.242 e. The molecule has 122 valence electrons. The van der Waals surface area contributed by atoms with Crippen molar-refractivity contribution < 1.29 is 9.59 Å². The zero-order valence-corrected chi connectivity index (χ0v) is 15.3. The van der Waals surface area contributed by atoms with Crippen molar-refractivity contribution in [1.29, 1.82) is 0 Å². The molecule has 0 heterocycles. The minimum atomic E-state index is -0.481. The second kappa shape index (κ2) is 8.93. The molecule has 0 aliphatic carbocycles. The molecule has 1 rings (SSSR count). The lowest BCUT2D eigenvalue weighted by Crippen LogP contribution is -2.48. The number of nitrogens with one attached hydrogen (secondary N) is 1. The van der Waals surface area contributed by atoms with Gasteiger partial charge in [0.2, 0.25) is 11.8 Å². The first-order chi connectivity index (χ1) is 10.3. The van der Waals surface area contributed by atoms with Gasteiger partial charge < -0.3 is 10.2 Å². The maximum atomic E-state index is 12.3. The van der Waals surface area contributed by atoms with Crippen LogP contribution in [-0.4, -0.2) is 29.3 Å². The summed E-state index contributed by atoms with van der Waals surface area (Å²) in [5.41, 5.74) is 1.000. The molecule has 5 heteroatoms. The van der Waals surface area contributed by atoms with E-state index in [0.717, 1.165) is 10.0 Å². The largest absolute Gasteiger partial charge is 0.354 e. The minimum Gasteiger partial charge on any atom is -0.354 e. The first kappa shape index (κ1) is 18.7. The SMILES string of the molecule is CCC(=O)N(Cc1cccc(Br)c1)C(C)C(=O)NCC(C)C. The van der Waals surface area contributed by atoms with Crippen molar-refractivity contribution in [3.8, 4) is 0 Å². The van der Waals surface area contributed by atoms with E-state index in [4.69, 9.17) is 0 Å². The number of benzene rings is 1. The molecule has 22 heavy (non-hydrogen) atoms. The van der Waals surface area contributed by atoms with Gasteiger partial charge in [0.15, 0.2) is 0 Å². The summed E-state index contributed by atoms with van der Waals surface area (Å²) in [4.78, 5) is 26.1. The van der Waals surface area contributed by atoms with Crippen LogP contribution in [0.1, 0.15) is 39.7 Å². The number of carbonyl (C=O) groups excluding carboxylic acids is 2. The zero-order chi connectivity index (χ0) is 16.7. The summed E-state index contributed by atoms with van der Waals surface area (Å²) in [6.45, 7) is 8.73. The van der Waals surface area contributed by atoms with E-state index in [-0.39, 0.29) is 11.8 Å². The fourth-order valence-corrected chi connectivity index (χ4v) is 2.52. The normalized spacial score (nSPS) is 12.1. The van der Waals surface area contributed by atoms with Gasteiger partial charge in [-0.2, -0.15) is 0 Å². The molecule has 0 bridgehead atoms. The Hall–Kier alpha value is -1.36. The van der Waals surface area contributed by atoms with Crippen molar-refractivity contribution in [2.75, 3.05) is 6.54 Å². The highest BCUT2D eigenvalue weighted by Crippen LogP contribution is 2.15. The molecule has 0 aliphatic heterocycles. The molecule has 1 aromatic carbocycles. The van der Waals surface area contributed by atoms with Crippen molar-refractivity contribution in [3.05, 3.63) is 34.3 Å². The Labute approximate surface area is 141 Å². The van der Waals surface area contributed by atoms with Crippen LogP contribution in [0.25, 0.3) is 0 Å². The molecule has 0 aliphatic rings. The lowest BCUT2D eigenvalue weighted by molar-refractivity contribution is -0.140. The molecule has 2 amide bonds. The van der Waals surface area contributed by atoms with Crippen LogP contribution in [0.4, 0.5) is 0 Å². The van der Waals surface area contributed by atoms with E-state index in [0.29, 0.717) is 25.4 Å². The van der Waals surface area contributed by atoms with Gasteiger partial charge in [-0.1, -0.05) is 48.8 Å². The van der Waals surface area contributed by atoms with Crippen molar-refractivity contribution >= 4 is 27.7 Å². The number of rotatable bonds is 7. The molecule has 0 aromatic heterocycles. The molecule has 1 N–H and O–H groups in total. The maximum absolute atomic E-state index is 12.3. The Morgan fingerprint density at radius 1 is 1.27 bits per heavy atom. The Bertz CT molecular complexity index is 517. The Morgan fingerprint density at radius 3 is 2.50 bits per heavy atom. The lowest BCUT2D eigenvalue weighted by atomic mass is 10.1. The van der Waals surface area contributed by atoms with Crippen LogP contribution in [0, 0.1) is 5.92 Å². The van der Waals surface area contributed by atoms with Crippen LogP contribution >= 0.6 is 15.9 Å². The lowest BCUT2D eigenvalue weighted by Gasteiger charge is -2.28. The topological polar surface area (TPSA) is 49.4 Å². The summed E-state index contributed by atoms with van der Waals surface area (Å²) < 4.78 is 0.964. The first-order valence-corrected chi connectivity index (χ1v) is 8.46. The molecule has 1 unspecified atom stereocenters. The molecular weight excluding hydrogens is 344 g/mol. The molecule has 0 saturated carbocycles. The van der Waals surface area contributed by atoms with Gasteiger partial charge in [0.05, 0.1) is 0 Å². The Morgan fingerprint density at radius 2 is 1.95 bits per heavy atom. The molecule has 0 radical (unpaired) electrons. The third-order valence-electron chi connectivity index (χ3n) is 3.40. The van der Waals surface area contributed by atoms with Crippen molar-refractivity contribution in [2.45, 2.75) is 46.7 Å². The number of amides is 2. The number of hydrogen-bond donors (Lipinski definition) is 1. The second-order valence-electron chi connectivity index (χ2n) is 5.82. The van der Waals surface area contributed by atoms with Gasteiger partial charge in [-0.05, 0) is 30.5 Å². The van der Waals surface area contributed by atoms with E-state index in [1.807, 2.05) is 45.0 Å². The highest BCUT2D eigenvalue weighted by atomic mass is 79.9. The van der Waals surface area contributed by atoms with Gasteiger partial charge >= 0.3 is 0 Å². The van der Waals surface area contributed by atoms with E-state index >= 15 is 0 Å². The van der Waals surface area contributed by atoms with Gasteiger partial charge in [-0.15, -0.1) is 0 Å². The standard InChI is InChI=1S/C17H25BrN2O2/c1-5-16(21)20(11-14-7-6-8-15(18)9-14)13(4)17(22)19-10-12(2)3/h6-9,12-13H,5,10-11H2,1-4H3,(H,19,22). The van der Waals surface area contributed by atoms with Crippen LogP contribution in [0.5, 0.6) is 0 Å². The van der Waals surface area contributed by atoms with Crippen molar-refractivity contribution in [2.24, 2.45) is 5.92 Å². The summed E-state index contributed by atoms with van der Waals surface area (Å²) in [7, 11) is 0. The monoisotopic (exact) mass is 368 g/mol. The number of carbonyl (C=O) groups is 2. The van der Waals surface area contributed by atoms with Crippen LogP contribution in [0.15, 0.2) is 28.7 Å². The van der Waals surface area contributed by atoms with Crippen molar-refractivity contribution in [3.63, 3.8) is 0 Å². The number of hydrogen-bond acceptors (Lipinski definition) is 2. The Balaban J connectivity index is 2.83. The summed E-state index contributed by atoms with van der Waals surface area (Å²) in [6.07, 6.45) is 0.385. The summed E-state index contributed by atoms with van der Waals surface area (Å²) in [5.74, 6) is 0.259. The molecule has 1 atom stereocenters. The molecule has 0 saturated heterocycles. The number of halogens is 1. The smallest absolute Gasteiger partial charge is 0.242 e. The fraction of sp³-hybridized carbons (Fsp3) is 0.529. The Kier molecular flexibility index (Phi) is 7.59. The summed E-state index contributed by atoms with van der Waals surface area (Å²) >= 11 is 3.43. The average molecular weight is 369 g/mol. The predicted octanol–water partition coefficient (Wildman–Crippen LogP) is 3.35.